The number of nitrogens with one attached hydrogen (secondary N) is 1. The van der Waals surface area contributed by atoms with Crippen molar-refractivity contribution in [3.05, 3.63) is 40.7 Å². The summed E-state index contributed by atoms with van der Waals surface area (Å²) in [6, 6.07) is 8.62. The predicted octanol–water partition coefficient (Wildman–Crippen LogP) is 1.32. The molecular weight excluding hydrogens is 268 g/mol. The van der Waals surface area contributed by atoms with Crippen LogP contribution in [0.3, 0.4) is 0 Å². The minimum Gasteiger partial charge on any atom is -0.493 e. The molecular formula is C12H10N2O4S. The first-order valence-corrected chi connectivity index (χ1v) is 6.30. The normalized spacial score (nSPS) is 10.3. The Morgan fingerprint density at radius 2 is 2.00 bits per heavy atom. The Labute approximate surface area is 112 Å². The molecule has 0 saturated carbocycles. The molecule has 6 nitrogen and oxygen atoms in total. The lowest BCUT2D eigenvalue weighted by Gasteiger charge is -2.04. The number of aromatic amines is 1. The van der Waals surface area contributed by atoms with E-state index in [1.165, 1.54) is 0 Å². The van der Waals surface area contributed by atoms with Crippen molar-refractivity contribution in [3.63, 3.8) is 0 Å². The number of hydrogen-bond donors (Lipinski definition) is 3. The maximum atomic E-state index is 11.9. The van der Waals surface area contributed by atoms with Crippen LogP contribution in [0.25, 0.3) is 11.1 Å². The fourth-order valence-electron chi connectivity index (χ4n) is 1.50. The first-order chi connectivity index (χ1) is 9.08. The smallest absolute Gasteiger partial charge is 0.313 e. The molecule has 0 spiro atoms. The number of carboxylic acids is 1. The third kappa shape index (κ3) is 3.14. The molecule has 1 heterocycles. The van der Waals surface area contributed by atoms with Crippen LogP contribution in [0, 0.1) is 0 Å². The number of aromatic nitrogens is 2. The number of H-pyrrole nitrogens is 1. The third-order valence-corrected chi connectivity index (χ3v) is 3.13. The Kier molecular flexibility index (Phi) is 3.86. The van der Waals surface area contributed by atoms with Crippen molar-refractivity contribution in [1.29, 1.82) is 0 Å². The lowest BCUT2D eigenvalue weighted by Crippen LogP contribution is -2.12. The van der Waals surface area contributed by atoms with Gasteiger partial charge < -0.3 is 15.2 Å². The highest BCUT2D eigenvalue weighted by molar-refractivity contribution is 7.99. The monoisotopic (exact) mass is 278 g/mol. The highest BCUT2D eigenvalue weighted by Gasteiger charge is 2.13. The molecule has 0 unspecified atom stereocenters. The first kappa shape index (κ1) is 13.2. The summed E-state index contributed by atoms with van der Waals surface area (Å²) in [7, 11) is 0. The molecule has 2 rings (SSSR count). The van der Waals surface area contributed by atoms with Crippen LogP contribution in [0.5, 0.6) is 5.88 Å². The minimum atomic E-state index is -1.03. The molecule has 0 radical (unpaired) electrons. The third-order valence-electron chi connectivity index (χ3n) is 2.27. The maximum Gasteiger partial charge on any atom is 0.313 e. The topological polar surface area (TPSA) is 103 Å². The van der Waals surface area contributed by atoms with Crippen LogP contribution in [0.1, 0.15) is 0 Å². The zero-order chi connectivity index (χ0) is 13.8. The summed E-state index contributed by atoms with van der Waals surface area (Å²) in [5.41, 5.74) is 0.107. The van der Waals surface area contributed by atoms with Gasteiger partial charge in [-0.05, 0) is 5.56 Å². The zero-order valence-electron chi connectivity index (χ0n) is 9.66. The summed E-state index contributed by atoms with van der Waals surface area (Å²) in [6.45, 7) is 0. The molecule has 98 valence electrons. The van der Waals surface area contributed by atoms with Crippen molar-refractivity contribution in [2.45, 2.75) is 5.16 Å². The number of aromatic hydroxyl groups is 1. The van der Waals surface area contributed by atoms with E-state index in [4.69, 9.17) is 5.11 Å². The molecule has 1 aromatic heterocycles. The number of nitrogens with zero attached hydrogens (tertiary/aromatic N) is 1. The Morgan fingerprint density at radius 1 is 1.32 bits per heavy atom. The second kappa shape index (κ2) is 5.57. The first-order valence-electron chi connectivity index (χ1n) is 5.31. The van der Waals surface area contributed by atoms with Crippen LogP contribution in [0.2, 0.25) is 0 Å². The van der Waals surface area contributed by atoms with Gasteiger partial charge in [-0.25, -0.2) is 0 Å². The Balaban J connectivity index is 2.38. The number of carbonyl (C=O) groups is 1. The van der Waals surface area contributed by atoms with Crippen LogP contribution >= 0.6 is 11.8 Å². The molecule has 0 aliphatic heterocycles. The number of thioether (sulfide) groups is 1. The van der Waals surface area contributed by atoms with Crippen molar-refractivity contribution in [2.75, 3.05) is 5.75 Å². The zero-order valence-corrected chi connectivity index (χ0v) is 10.5. The molecule has 19 heavy (non-hydrogen) atoms. The highest BCUT2D eigenvalue weighted by Crippen LogP contribution is 2.24. The van der Waals surface area contributed by atoms with E-state index in [-0.39, 0.29) is 16.5 Å². The molecule has 1 aromatic carbocycles. The van der Waals surface area contributed by atoms with E-state index >= 15 is 0 Å². The predicted molar refractivity (Wildman–Crippen MR) is 70.3 cm³/mol. The molecule has 0 aliphatic carbocycles. The van der Waals surface area contributed by atoms with E-state index in [1.807, 2.05) is 0 Å². The molecule has 0 bridgehead atoms. The van der Waals surface area contributed by atoms with Crippen molar-refractivity contribution in [2.24, 2.45) is 0 Å². The summed E-state index contributed by atoms with van der Waals surface area (Å²) in [4.78, 5) is 28.5. The van der Waals surface area contributed by atoms with Crippen LogP contribution in [-0.4, -0.2) is 31.9 Å². The number of carboxylic acid groups (broad SMARTS) is 1. The molecule has 0 saturated heterocycles. The van der Waals surface area contributed by atoms with Gasteiger partial charge in [0.1, 0.15) is 5.56 Å². The second-order valence-electron chi connectivity index (χ2n) is 3.62. The van der Waals surface area contributed by atoms with E-state index in [0.29, 0.717) is 5.56 Å². The van der Waals surface area contributed by atoms with E-state index in [9.17, 15) is 14.7 Å². The lowest BCUT2D eigenvalue weighted by molar-refractivity contribution is -0.133. The standard InChI is InChI=1S/C12H10N2O4S/c15-8(16)6-19-12-13-10(17)9(11(18)14-12)7-4-2-1-3-5-7/h1-5H,6H2,(H,15,16)(H2,13,14,17,18). The maximum absolute atomic E-state index is 11.9. The fraction of sp³-hybridized carbons (Fsp3) is 0.0833. The summed E-state index contributed by atoms with van der Waals surface area (Å²) >= 11 is 0.835. The van der Waals surface area contributed by atoms with Crippen molar-refractivity contribution in [1.82, 2.24) is 9.97 Å². The van der Waals surface area contributed by atoms with Gasteiger partial charge in [0.2, 0.25) is 5.88 Å². The Morgan fingerprint density at radius 3 is 2.58 bits per heavy atom. The van der Waals surface area contributed by atoms with Gasteiger partial charge in [0.05, 0.1) is 5.75 Å². The molecule has 2 aromatic rings. The highest BCUT2D eigenvalue weighted by atomic mass is 32.2. The van der Waals surface area contributed by atoms with E-state index in [2.05, 4.69) is 9.97 Å². The van der Waals surface area contributed by atoms with Gasteiger partial charge in [0.25, 0.3) is 5.56 Å². The fourth-order valence-corrected chi connectivity index (χ4v) is 2.08. The lowest BCUT2D eigenvalue weighted by atomic mass is 10.1. The van der Waals surface area contributed by atoms with Gasteiger partial charge in [0, 0.05) is 0 Å². The molecule has 0 atom stereocenters. The number of rotatable bonds is 4. The minimum absolute atomic E-state index is 0.0697. The van der Waals surface area contributed by atoms with Gasteiger partial charge in [-0.15, -0.1) is 0 Å². The van der Waals surface area contributed by atoms with Crippen LogP contribution in [0.4, 0.5) is 0 Å². The van der Waals surface area contributed by atoms with E-state index in [1.54, 1.807) is 30.3 Å². The molecule has 0 fully saturated rings. The summed E-state index contributed by atoms with van der Waals surface area (Å²) in [6.07, 6.45) is 0. The van der Waals surface area contributed by atoms with Crippen molar-refractivity contribution in [3.8, 4) is 17.0 Å². The average molecular weight is 278 g/mol. The molecule has 0 aliphatic rings. The van der Waals surface area contributed by atoms with Crippen LogP contribution < -0.4 is 5.56 Å². The average Bonchev–Trinajstić information content (AvgIpc) is 2.37. The van der Waals surface area contributed by atoms with Gasteiger partial charge >= 0.3 is 5.97 Å². The quantitative estimate of drug-likeness (QED) is 0.575. The van der Waals surface area contributed by atoms with E-state index < -0.39 is 17.4 Å². The van der Waals surface area contributed by atoms with Crippen LogP contribution in [-0.2, 0) is 4.79 Å². The second-order valence-corrected chi connectivity index (χ2v) is 4.58. The van der Waals surface area contributed by atoms with E-state index in [0.717, 1.165) is 11.8 Å². The number of hydrogen-bond acceptors (Lipinski definition) is 5. The Hall–Kier alpha value is -2.28. The van der Waals surface area contributed by atoms with Gasteiger partial charge in [-0.3, -0.25) is 9.59 Å². The molecule has 7 heteroatoms. The molecule has 0 amide bonds. The summed E-state index contributed by atoms with van der Waals surface area (Å²) < 4.78 is 0. The van der Waals surface area contributed by atoms with Crippen molar-refractivity contribution >= 4 is 17.7 Å². The van der Waals surface area contributed by atoms with Gasteiger partial charge in [-0.2, -0.15) is 4.98 Å². The summed E-state index contributed by atoms with van der Waals surface area (Å²) in [5, 5.41) is 18.4. The van der Waals surface area contributed by atoms with Crippen molar-refractivity contribution < 1.29 is 15.0 Å². The molecule has 3 N–H and O–H groups in total. The Bertz CT molecular complexity index is 655. The van der Waals surface area contributed by atoms with Gasteiger partial charge in [0.15, 0.2) is 5.16 Å². The largest absolute Gasteiger partial charge is 0.493 e. The van der Waals surface area contributed by atoms with Crippen LogP contribution in [0.15, 0.2) is 40.3 Å². The number of benzene rings is 1. The van der Waals surface area contributed by atoms with Gasteiger partial charge in [-0.1, -0.05) is 42.1 Å². The SMILES string of the molecule is O=C(O)CSc1nc(O)c(-c2ccccc2)c(=O)[nH]1. The number of aliphatic carboxylic acids is 1. The summed E-state index contributed by atoms with van der Waals surface area (Å²) in [5.74, 6) is -1.69.